The zero-order valence-corrected chi connectivity index (χ0v) is 19.9. The summed E-state index contributed by atoms with van der Waals surface area (Å²) in [6.45, 7) is 0.145. The number of amides is 7. The highest BCUT2D eigenvalue weighted by Gasteiger charge is 2.31. The van der Waals surface area contributed by atoms with E-state index in [1.54, 1.807) is 0 Å². The van der Waals surface area contributed by atoms with Gasteiger partial charge in [-0.3, -0.25) is 34.4 Å². The number of nitrogens with zero attached hydrogens (tertiary/aromatic N) is 1. The number of nitrogens with one attached hydrogen (secondary N) is 5. The molecule has 0 aliphatic carbocycles. The fourth-order valence-electron chi connectivity index (χ4n) is 2.85. The molecule has 0 spiro atoms. The van der Waals surface area contributed by atoms with Crippen molar-refractivity contribution in [3.63, 3.8) is 0 Å². The molecule has 1 rings (SSSR count). The Morgan fingerprint density at radius 1 is 1.06 bits per heavy atom. The van der Waals surface area contributed by atoms with Gasteiger partial charge in [-0.15, -0.1) is 0 Å². The maximum absolute atomic E-state index is 12.6. The van der Waals surface area contributed by atoms with Crippen molar-refractivity contribution in [2.45, 2.75) is 37.6 Å². The molecule has 0 aromatic rings. The monoisotopic (exact) mass is 519 g/mol. The third-order valence-corrected chi connectivity index (χ3v) is 4.65. The fourth-order valence-corrected chi connectivity index (χ4v) is 2.85. The molecule has 1 aliphatic heterocycles. The quantitative estimate of drug-likeness (QED) is 0.175. The zero-order chi connectivity index (χ0) is 27.3. The van der Waals surface area contributed by atoms with Crippen molar-refractivity contribution in [1.82, 2.24) is 31.7 Å². The smallest absolute Gasteiger partial charge is 0.316 e. The van der Waals surface area contributed by atoms with E-state index in [1.807, 2.05) is 0 Å². The standard InChI is InChI=1S/C19H33N7O10/c1-10(28)15-17(32)21-3-4-35-5-6-36-9-14(30)22-12(8-27)18(33)26(2)25-16(31)11(7-13(20)29)23-19(34)24-15/h10-12,15,27-28H,3-9H2,1-2H3,(H2,20,29)(H,21,32)(H,22,30)(H,25,31)(H2,23,24,34)/t10?,11-,12-,15?/m0/s1. The van der Waals surface area contributed by atoms with Gasteiger partial charge in [-0.2, -0.15) is 0 Å². The van der Waals surface area contributed by atoms with E-state index in [2.05, 4.69) is 26.7 Å². The van der Waals surface area contributed by atoms with Crippen LogP contribution in [-0.2, 0) is 33.4 Å². The van der Waals surface area contributed by atoms with Crippen LogP contribution in [0.25, 0.3) is 0 Å². The number of rotatable bonds is 4. The van der Waals surface area contributed by atoms with Crippen LogP contribution in [0.1, 0.15) is 13.3 Å². The van der Waals surface area contributed by atoms with E-state index in [0.29, 0.717) is 5.01 Å². The molecule has 0 aromatic carbocycles. The van der Waals surface area contributed by atoms with Crippen LogP contribution in [0.2, 0.25) is 0 Å². The molecule has 7 amide bonds. The molecule has 1 fully saturated rings. The summed E-state index contributed by atoms with van der Waals surface area (Å²) in [4.78, 5) is 73.4. The molecule has 4 atom stereocenters. The van der Waals surface area contributed by atoms with E-state index < -0.39 is 79.4 Å². The number of carbonyl (C=O) groups excluding carboxylic acids is 6. The predicted octanol–water partition coefficient (Wildman–Crippen LogP) is -5.59. The lowest BCUT2D eigenvalue weighted by Crippen LogP contribution is -2.61. The topological polar surface area (TPSA) is 251 Å². The number of ether oxygens (including phenoxy) is 2. The van der Waals surface area contributed by atoms with Gasteiger partial charge in [0.15, 0.2) is 0 Å². The van der Waals surface area contributed by atoms with E-state index >= 15 is 0 Å². The highest BCUT2D eigenvalue weighted by molar-refractivity contribution is 5.94. The predicted molar refractivity (Wildman–Crippen MR) is 119 cm³/mol. The van der Waals surface area contributed by atoms with Gasteiger partial charge >= 0.3 is 6.03 Å². The van der Waals surface area contributed by atoms with Gasteiger partial charge in [-0.1, -0.05) is 0 Å². The summed E-state index contributed by atoms with van der Waals surface area (Å²) >= 11 is 0. The minimum Gasteiger partial charge on any atom is -0.394 e. The summed E-state index contributed by atoms with van der Waals surface area (Å²) < 4.78 is 10.4. The molecule has 0 radical (unpaired) electrons. The second-order valence-corrected chi connectivity index (χ2v) is 7.69. The summed E-state index contributed by atoms with van der Waals surface area (Å²) in [5.74, 6) is -4.43. The van der Waals surface area contributed by atoms with Gasteiger partial charge in [0.05, 0.1) is 39.0 Å². The molecule has 204 valence electrons. The van der Waals surface area contributed by atoms with Crippen LogP contribution >= 0.6 is 0 Å². The average Bonchev–Trinajstić information content (AvgIpc) is 2.80. The Morgan fingerprint density at radius 2 is 1.72 bits per heavy atom. The molecule has 1 aliphatic rings. The molecule has 17 heteroatoms. The molecule has 1 saturated heterocycles. The van der Waals surface area contributed by atoms with Crippen molar-refractivity contribution in [3.05, 3.63) is 0 Å². The van der Waals surface area contributed by atoms with Crippen molar-refractivity contribution in [2.24, 2.45) is 5.73 Å². The third kappa shape index (κ3) is 10.8. The number of carbonyl (C=O) groups is 6. The number of hydrogen-bond donors (Lipinski definition) is 8. The lowest BCUT2D eigenvalue weighted by Gasteiger charge is -2.26. The molecule has 0 aromatic heterocycles. The molecule has 36 heavy (non-hydrogen) atoms. The van der Waals surface area contributed by atoms with Crippen LogP contribution in [0.3, 0.4) is 0 Å². The van der Waals surface area contributed by atoms with Crippen LogP contribution in [0, 0.1) is 0 Å². The van der Waals surface area contributed by atoms with E-state index in [1.165, 1.54) is 6.92 Å². The Kier molecular flexibility index (Phi) is 13.1. The third-order valence-electron chi connectivity index (χ3n) is 4.65. The maximum Gasteiger partial charge on any atom is 0.316 e. The number of hydrogen-bond acceptors (Lipinski definition) is 10. The summed E-state index contributed by atoms with van der Waals surface area (Å²) in [6.07, 6.45) is -2.01. The van der Waals surface area contributed by atoms with Crippen LogP contribution in [0.15, 0.2) is 0 Å². The first-order valence-corrected chi connectivity index (χ1v) is 10.9. The lowest BCUT2D eigenvalue weighted by molar-refractivity contribution is -0.144. The van der Waals surface area contributed by atoms with Gasteiger partial charge in [0, 0.05) is 13.6 Å². The first kappa shape index (κ1) is 30.5. The van der Waals surface area contributed by atoms with E-state index in [0.717, 1.165) is 7.05 Å². The van der Waals surface area contributed by atoms with Gasteiger partial charge in [0.2, 0.25) is 17.7 Å². The van der Waals surface area contributed by atoms with Crippen molar-refractivity contribution in [2.75, 3.05) is 46.6 Å². The summed E-state index contributed by atoms with van der Waals surface area (Å²) in [5.41, 5.74) is 7.26. The second-order valence-electron chi connectivity index (χ2n) is 7.69. The molecule has 0 saturated carbocycles. The molecule has 0 bridgehead atoms. The first-order chi connectivity index (χ1) is 17.0. The second kappa shape index (κ2) is 15.5. The van der Waals surface area contributed by atoms with E-state index in [4.69, 9.17) is 15.2 Å². The van der Waals surface area contributed by atoms with Crippen LogP contribution in [0.5, 0.6) is 0 Å². The minimum atomic E-state index is -1.59. The zero-order valence-electron chi connectivity index (χ0n) is 19.9. The molecular formula is C19H33N7O10. The Hall–Kier alpha value is -3.54. The Labute approximate surface area is 206 Å². The van der Waals surface area contributed by atoms with Crippen molar-refractivity contribution in [3.8, 4) is 0 Å². The van der Waals surface area contributed by atoms with E-state index in [-0.39, 0.29) is 26.4 Å². The molecule has 9 N–H and O–H groups in total. The van der Waals surface area contributed by atoms with Gasteiger partial charge in [0.1, 0.15) is 24.7 Å². The largest absolute Gasteiger partial charge is 0.394 e. The van der Waals surface area contributed by atoms with Gasteiger partial charge in [0.25, 0.3) is 11.8 Å². The number of aliphatic hydroxyl groups excluding tert-OH is 2. The number of likely N-dealkylation sites (N-methyl/N-ethyl adjacent to an activating group) is 1. The van der Waals surface area contributed by atoms with Crippen LogP contribution in [-0.4, -0.2) is 122 Å². The fraction of sp³-hybridized carbons (Fsp3) is 0.684. The van der Waals surface area contributed by atoms with Crippen molar-refractivity contribution < 1.29 is 48.5 Å². The van der Waals surface area contributed by atoms with Gasteiger partial charge in [-0.05, 0) is 6.92 Å². The molecular weight excluding hydrogens is 486 g/mol. The number of urea groups is 1. The number of hydrazine groups is 1. The number of aliphatic hydroxyl groups is 2. The highest BCUT2D eigenvalue weighted by atomic mass is 16.5. The Balaban J connectivity index is 3.08. The Bertz CT molecular complexity index is 809. The number of nitrogens with two attached hydrogens (primary N) is 1. The summed E-state index contributed by atoms with van der Waals surface area (Å²) in [5, 5.41) is 29.1. The van der Waals surface area contributed by atoms with Crippen molar-refractivity contribution in [1.29, 1.82) is 0 Å². The Morgan fingerprint density at radius 3 is 2.33 bits per heavy atom. The first-order valence-electron chi connectivity index (χ1n) is 10.9. The lowest BCUT2D eigenvalue weighted by atomic mass is 10.1. The summed E-state index contributed by atoms with van der Waals surface area (Å²) in [6, 6.07) is -5.54. The minimum absolute atomic E-state index is 0.00828. The van der Waals surface area contributed by atoms with Crippen LogP contribution < -0.4 is 32.4 Å². The van der Waals surface area contributed by atoms with Gasteiger partial charge < -0.3 is 46.7 Å². The van der Waals surface area contributed by atoms with Crippen LogP contribution in [0.4, 0.5) is 4.79 Å². The molecule has 17 nitrogen and oxygen atoms in total. The van der Waals surface area contributed by atoms with Gasteiger partial charge in [-0.25, -0.2) is 4.79 Å². The van der Waals surface area contributed by atoms with Crippen molar-refractivity contribution >= 4 is 35.6 Å². The SMILES string of the molecule is CC(O)C1NC(=O)N[C@@H](CC(N)=O)C(=O)NN(C)C(=O)[C@H](CO)NC(=O)COCCOCCNC1=O. The molecule has 1 heterocycles. The number of primary amides is 1. The summed E-state index contributed by atoms with van der Waals surface area (Å²) in [7, 11) is 1.10. The molecule has 2 unspecified atom stereocenters. The normalized spacial score (nSPS) is 25.3. The van der Waals surface area contributed by atoms with E-state index in [9.17, 15) is 39.0 Å². The highest BCUT2D eigenvalue weighted by Crippen LogP contribution is 1.98. The average molecular weight is 520 g/mol. The maximum atomic E-state index is 12.6.